The summed E-state index contributed by atoms with van der Waals surface area (Å²) in [5, 5.41) is 8.87. The third kappa shape index (κ3) is 1.58. The number of rotatable bonds is 1. The molecule has 0 heterocycles. The second kappa shape index (κ2) is 3.14. The van der Waals surface area contributed by atoms with Gasteiger partial charge in [-0.25, -0.2) is 0 Å². The fourth-order valence-corrected chi connectivity index (χ4v) is 1.65. The summed E-state index contributed by atoms with van der Waals surface area (Å²) < 4.78 is 5.06. The lowest BCUT2D eigenvalue weighted by Crippen LogP contribution is -2.29. The minimum absolute atomic E-state index is 0.194. The van der Waals surface area contributed by atoms with Crippen LogP contribution in [0.4, 0.5) is 0 Å². The van der Waals surface area contributed by atoms with Crippen LogP contribution in [-0.4, -0.2) is 12.1 Å². The van der Waals surface area contributed by atoms with E-state index >= 15 is 0 Å². The van der Waals surface area contributed by atoms with Crippen LogP contribution in [0.2, 0.25) is 0 Å². The van der Waals surface area contributed by atoms with Gasteiger partial charge in [-0.3, -0.25) is 4.79 Å². The molecule has 1 saturated carbocycles. The maximum Gasteiger partial charge on any atom is 0.302 e. The fourth-order valence-electron chi connectivity index (χ4n) is 1.65. The zero-order chi connectivity index (χ0) is 9.19. The molecule has 1 aliphatic rings. The average Bonchev–Trinajstić information content (AvgIpc) is 2.33. The maximum atomic E-state index is 10.7. The first-order valence-corrected chi connectivity index (χ1v) is 4.17. The minimum atomic E-state index is -0.453. The van der Waals surface area contributed by atoms with Gasteiger partial charge in [0.05, 0.1) is 11.5 Å². The number of carbonyl (C=O) groups is 1. The van der Waals surface area contributed by atoms with Gasteiger partial charge in [-0.05, 0) is 26.2 Å². The Balaban J connectivity index is 2.65. The third-order valence-corrected chi connectivity index (χ3v) is 2.44. The van der Waals surface area contributed by atoms with Crippen molar-refractivity contribution in [3.05, 3.63) is 0 Å². The van der Waals surface area contributed by atoms with Gasteiger partial charge >= 0.3 is 5.97 Å². The summed E-state index contributed by atoms with van der Waals surface area (Å²) in [5.74, 6) is -0.289. The molecule has 1 aliphatic carbocycles. The van der Waals surface area contributed by atoms with Gasteiger partial charge in [0.2, 0.25) is 0 Å². The molecule has 0 N–H and O–H groups in total. The van der Waals surface area contributed by atoms with Crippen LogP contribution in [0, 0.1) is 16.7 Å². The number of ether oxygens (including phenoxy) is 1. The highest BCUT2D eigenvalue weighted by Crippen LogP contribution is 2.39. The summed E-state index contributed by atoms with van der Waals surface area (Å²) in [6.07, 6.45) is 2.44. The molecule has 3 heteroatoms. The fraction of sp³-hybridized carbons (Fsp3) is 0.778. The van der Waals surface area contributed by atoms with E-state index in [1.54, 1.807) is 0 Å². The van der Waals surface area contributed by atoms with Crippen molar-refractivity contribution in [1.82, 2.24) is 0 Å². The van der Waals surface area contributed by atoms with Crippen molar-refractivity contribution in [2.24, 2.45) is 5.41 Å². The Labute approximate surface area is 72.3 Å². The second-order valence-electron chi connectivity index (χ2n) is 3.52. The first-order valence-electron chi connectivity index (χ1n) is 4.17. The zero-order valence-electron chi connectivity index (χ0n) is 7.46. The first kappa shape index (κ1) is 9.05. The van der Waals surface area contributed by atoms with E-state index in [4.69, 9.17) is 10.00 Å². The zero-order valence-corrected chi connectivity index (χ0v) is 7.46. The van der Waals surface area contributed by atoms with E-state index in [0.717, 1.165) is 19.3 Å². The van der Waals surface area contributed by atoms with E-state index in [1.165, 1.54) is 6.92 Å². The van der Waals surface area contributed by atoms with Gasteiger partial charge in [0.25, 0.3) is 0 Å². The Morgan fingerprint density at radius 1 is 1.75 bits per heavy atom. The minimum Gasteiger partial charge on any atom is -0.461 e. The van der Waals surface area contributed by atoms with E-state index < -0.39 is 5.41 Å². The second-order valence-corrected chi connectivity index (χ2v) is 3.52. The van der Waals surface area contributed by atoms with Crippen molar-refractivity contribution in [1.29, 1.82) is 5.26 Å². The SMILES string of the molecule is CC(=O)O[C@@H]1CCC[C@@]1(C)C#N. The van der Waals surface area contributed by atoms with Gasteiger partial charge in [0.1, 0.15) is 6.10 Å². The molecule has 0 aromatic carbocycles. The Kier molecular flexibility index (Phi) is 2.37. The van der Waals surface area contributed by atoms with Crippen molar-refractivity contribution in [2.45, 2.75) is 39.2 Å². The van der Waals surface area contributed by atoms with E-state index in [1.807, 2.05) is 6.92 Å². The monoisotopic (exact) mass is 167 g/mol. The molecule has 3 nitrogen and oxygen atoms in total. The van der Waals surface area contributed by atoms with Crippen LogP contribution in [0.25, 0.3) is 0 Å². The van der Waals surface area contributed by atoms with Crippen LogP contribution in [0.15, 0.2) is 0 Å². The molecule has 1 rings (SSSR count). The molecule has 0 aliphatic heterocycles. The van der Waals surface area contributed by atoms with E-state index in [2.05, 4.69) is 6.07 Å². The van der Waals surface area contributed by atoms with Gasteiger partial charge in [-0.15, -0.1) is 0 Å². The number of carbonyl (C=O) groups excluding carboxylic acids is 1. The predicted octanol–water partition coefficient (Wildman–Crippen LogP) is 1.63. The normalized spacial score (nSPS) is 34.2. The molecule has 0 radical (unpaired) electrons. The molecule has 66 valence electrons. The van der Waals surface area contributed by atoms with Gasteiger partial charge in [-0.1, -0.05) is 0 Å². The number of nitrogens with zero attached hydrogens (tertiary/aromatic N) is 1. The van der Waals surface area contributed by atoms with Gasteiger partial charge in [-0.2, -0.15) is 5.26 Å². The number of hydrogen-bond donors (Lipinski definition) is 0. The number of esters is 1. The summed E-state index contributed by atoms with van der Waals surface area (Å²) in [7, 11) is 0. The molecule has 2 atom stereocenters. The summed E-state index contributed by atoms with van der Waals surface area (Å²) in [4.78, 5) is 10.7. The molecule has 12 heavy (non-hydrogen) atoms. The molecule has 0 amide bonds. The van der Waals surface area contributed by atoms with Crippen LogP contribution in [0.5, 0.6) is 0 Å². The summed E-state index contributed by atoms with van der Waals surface area (Å²) >= 11 is 0. The standard InChI is InChI=1S/C9H13NO2/c1-7(11)12-8-4-3-5-9(8,2)6-10/h8H,3-5H2,1-2H3/t8-,9+/m1/s1. The molecule has 0 saturated heterocycles. The van der Waals surface area contributed by atoms with Crippen LogP contribution >= 0.6 is 0 Å². The predicted molar refractivity (Wildman–Crippen MR) is 43.1 cm³/mol. The average molecular weight is 167 g/mol. The van der Waals surface area contributed by atoms with Crippen molar-refractivity contribution < 1.29 is 9.53 Å². The molecular weight excluding hydrogens is 154 g/mol. The number of nitriles is 1. The molecular formula is C9H13NO2. The van der Waals surface area contributed by atoms with Crippen molar-refractivity contribution >= 4 is 5.97 Å². The van der Waals surface area contributed by atoms with E-state index in [-0.39, 0.29) is 12.1 Å². The van der Waals surface area contributed by atoms with Crippen LogP contribution in [0.1, 0.15) is 33.1 Å². The molecule has 0 aromatic heterocycles. The highest BCUT2D eigenvalue weighted by atomic mass is 16.5. The Bertz CT molecular complexity index is 231. The lowest BCUT2D eigenvalue weighted by molar-refractivity contribution is -0.149. The summed E-state index contributed by atoms with van der Waals surface area (Å²) in [6.45, 7) is 3.24. The Morgan fingerprint density at radius 2 is 2.42 bits per heavy atom. The Hall–Kier alpha value is -1.04. The largest absolute Gasteiger partial charge is 0.461 e. The smallest absolute Gasteiger partial charge is 0.302 e. The van der Waals surface area contributed by atoms with Crippen molar-refractivity contribution in [3.8, 4) is 6.07 Å². The van der Waals surface area contributed by atoms with Crippen molar-refractivity contribution in [2.75, 3.05) is 0 Å². The Morgan fingerprint density at radius 3 is 2.92 bits per heavy atom. The molecule has 0 aromatic rings. The molecule has 0 unspecified atom stereocenters. The van der Waals surface area contributed by atoms with Gasteiger partial charge in [0, 0.05) is 6.92 Å². The third-order valence-electron chi connectivity index (χ3n) is 2.44. The van der Waals surface area contributed by atoms with Gasteiger partial charge < -0.3 is 4.74 Å². The first-order chi connectivity index (χ1) is 5.58. The van der Waals surface area contributed by atoms with Crippen LogP contribution in [0.3, 0.4) is 0 Å². The highest BCUT2D eigenvalue weighted by molar-refractivity contribution is 5.66. The van der Waals surface area contributed by atoms with E-state index in [0.29, 0.717) is 0 Å². The van der Waals surface area contributed by atoms with Crippen LogP contribution in [-0.2, 0) is 9.53 Å². The van der Waals surface area contributed by atoms with Crippen LogP contribution < -0.4 is 0 Å². The number of hydrogen-bond acceptors (Lipinski definition) is 3. The lowest BCUT2D eigenvalue weighted by Gasteiger charge is -2.22. The molecule has 1 fully saturated rings. The highest BCUT2D eigenvalue weighted by Gasteiger charge is 2.41. The lowest BCUT2D eigenvalue weighted by atomic mass is 9.88. The summed E-state index contributed by atoms with van der Waals surface area (Å²) in [6, 6.07) is 2.22. The quantitative estimate of drug-likeness (QED) is 0.558. The molecule has 0 spiro atoms. The summed E-state index contributed by atoms with van der Waals surface area (Å²) in [5.41, 5.74) is -0.453. The maximum absolute atomic E-state index is 10.7. The van der Waals surface area contributed by atoms with Crippen molar-refractivity contribution in [3.63, 3.8) is 0 Å². The molecule has 0 bridgehead atoms. The van der Waals surface area contributed by atoms with Gasteiger partial charge in [0.15, 0.2) is 0 Å². The van der Waals surface area contributed by atoms with E-state index in [9.17, 15) is 4.79 Å². The topological polar surface area (TPSA) is 50.1 Å².